The van der Waals surface area contributed by atoms with E-state index in [1.165, 1.54) is 12.1 Å². The molecule has 7 heteroatoms. The summed E-state index contributed by atoms with van der Waals surface area (Å²) in [6.07, 6.45) is 0.343. The second kappa shape index (κ2) is 6.04. The first-order valence-electron chi connectivity index (χ1n) is 5.95. The molecule has 0 saturated carbocycles. The van der Waals surface area contributed by atoms with Gasteiger partial charge in [-0.15, -0.1) is 0 Å². The maximum absolute atomic E-state index is 13.7. The summed E-state index contributed by atoms with van der Waals surface area (Å²) < 4.78 is 14.3. The summed E-state index contributed by atoms with van der Waals surface area (Å²) in [5.41, 5.74) is 0.764. The Labute approximate surface area is 122 Å². The number of halogens is 2. The predicted molar refractivity (Wildman–Crippen MR) is 75.2 cm³/mol. The van der Waals surface area contributed by atoms with Crippen molar-refractivity contribution in [2.45, 2.75) is 12.8 Å². The molecule has 0 radical (unpaired) electrons. The van der Waals surface area contributed by atoms with E-state index in [4.69, 9.17) is 5.11 Å². The Kier molecular flexibility index (Phi) is 4.39. The van der Waals surface area contributed by atoms with Gasteiger partial charge >= 0.3 is 5.97 Å². The van der Waals surface area contributed by atoms with Crippen LogP contribution in [0.25, 0.3) is 10.9 Å². The monoisotopic (exact) mass is 342 g/mol. The van der Waals surface area contributed by atoms with Crippen LogP contribution >= 0.6 is 15.9 Å². The zero-order valence-corrected chi connectivity index (χ0v) is 12.0. The molecule has 0 unspecified atom stereocenters. The standard InChI is InChI=1S/C13H12BrFN2O3/c14-7-4-9(15)8-6-11(17-10(8)5-7)13(20)16-3-1-2-12(18)19/h4-6,17H,1-3H2,(H,16,20)(H,18,19). The summed E-state index contributed by atoms with van der Waals surface area (Å²) in [6.45, 7) is 0.257. The Morgan fingerprint density at radius 2 is 2.10 bits per heavy atom. The van der Waals surface area contributed by atoms with Crippen molar-refractivity contribution >= 4 is 38.7 Å². The van der Waals surface area contributed by atoms with Crippen molar-refractivity contribution < 1.29 is 19.1 Å². The molecular weight excluding hydrogens is 331 g/mol. The van der Waals surface area contributed by atoms with Gasteiger partial charge < -0.3 is 15.4 Å². The lowest BCUT2D eigenvalue weighted by atomic mass is 10.2. The first-order chi connectivity index (χ1) is 9.47. The van der Waals surface area contributed by atoms with Crippen molar-refractivity contribution in [3.8, 4) is 0 Å². The second-order valence-corrected chi connectivity index (χ2v) is 5.20. The third kappa shape index (κ3) is 3.36. The van der Waals surface area contributed by atoms with Crippen LogP contribution in [0.2, 0.25) is 0 Å². The first kappa shape index (κ1) is 14.5. The molecule has 0 fully saturated rings. The van der Waals surface area contributed by atoms with E-state index in [1.54, 1.807) is 6.07 Å². The largest absolute Gasteiger partial charge is 0.481 e. The molecule has 2 aromatic rings. The number of rotatable bonds is 5. The highest BCUT2D eigenvalue weighted by atomic mass is 79.9. The summed E-state index contributed by atoms with van der Waals surface area (Å²) in [5.74, 6) is -1.71. The number of carbonyl (C=O) groups excluding carboxylic acids is 1. The van der Waals surface area contributed by atoms with Gasteiger partial charge in [-0.3, -0.25) is 9.59 Å². The third-order valence-corrected chi connectivity index (χ3v) is 3.21. The van der Waals surface area contributed by atoms with Crippen molar-refractivity contribution in [2.75, 3.05) is 6.54 Å². The normalized spacial score (nSPS) is 10.7. The number of hydrogen-bond acceptors (Lipinski definition) is 2. The van der Waals surface area contributed by atoms with Crippen LogP contribution in [-0.4, -0.2) is 28.5 Å². The van der Waals surface area contributed by atoms with Gasteiger partial charge in [-0.2, -0.15) is 0 Å². The number of benzene rings is 1. The van der Waals surface area contributed by atoms with Gasteiger partial charge in [0.15, 0.2) is 0 Å². The maximum Gasteiger partial charge on any atom is 0.303 e. The zero-order valence-electron chi connectivity index (χ0n) is 10.4. The second-order valence-electron chi connectivity index (χ2n) is 4.29. The average molecular weight is 343 g/mol. The van der Waals surface area contributed by atoms with E-state index < -0.39 is 11.8 Å². The van der Waals surface area contributed by atoms with Gasteiger partial charge in [-0.1, -0.05) is 15.9 Å². The van der Waals surface area contributed by atoms with E-state index >= 15 is 0 Å². The van der Waals surface area contributed by atoms with Crippen molar-refractivity contribution in [3.63, 3.8) is 0 Å². The van der Waals surface area contributed by atoms with Crippen LogP contribution in [-0.2, 0) is 4.79 Å². The minimum absolute atomic E-state index is 0.00540. The molecule has 1 aromatic heterocycles. The van der Waals surface area contributed by atoms with Gasteiger partial charge in [-0.25, -0.2) is 4.39 Å². The number of hydrogen-bond donors (Lipinski definition) is 3. The van der Waals surface area contributed by atoms with Crippen molar-refractivity contribution in [3.05, 3.63) is 34.2 Å². The number of carboxylic acid groups (broad SMARTS) is 1. The summed E-state index contributed by atoms with van der Waals surface area (Å²) in [5, 5.41) is 11.4. The van der Waals surface area contributed by atoms with E-state index in [2.05, 4.69) is 26.2 Å². The molecule has 1 amide bonds. The van der Waals surface area contributed by atoms with Crippen LogP contribution in [0, 0.1) is 5.82 Å². The van der Waals surface area contributed by atoms with Crippen molar-refractivity contribution in [2.24, 2.45) is 0 Å². The molecule has 0 bridgehead atoms. The fraction of sp³-hybridized carbons (Fsp3) is 0.231. The first-order valence-corrected chi connectivity index (χ1v) is 6.74. The van der Waals surface area contributed by atoms with Gasteiger partial charge in [0, 0.05) is 22.8 Å². The SMILES string of the molecule is O=C(O)CCCNC(=O)c1cc2c(F)cc(Br)cc2[nH]1. The number of H-pyrrole nitrogens is 1. The zero-order chi connectivity index (χ0) is 14.7. The highest BCUT2D eigenvalue weighted by Crippen LogP contribution is 2.23. The summed E-state index contributed by atoms with van der Waals surface area (Å²) in [6, 6.07) is 4.44. The van der Waals surface area contributed by atoms with Gasteiger partial charge in [-0.05, 0) is 24.6 Å². The van der Waals surface area contributed by atoms with Crippen LogP contribution in [0.1, 0.15) is 23.3 Å². The van der Waals surface area contributed by atoms with E-state index in [-0.39, 0.29) is 24.6 Å². The molecule has 0 saturated heterocycles. The molecule has 0 aliphatic carbocycles. The predicted octanol–water partition coefficient (Wildman–Crippen LogP) is 2.66. The lowest BCUT2D eigenvalue weighted by molar-refractivity contribution is -0.137. The van der Waals surface area contributed by atoms with Crippen LogP contribution < -0.4 is 5.32 Å². The van der Waals surface area contributed by atoms with Gasteiger partial charge in [0.05, 0.1) is 5.52 Å². The van der Waals surface area contributed by atoms with Crippen molar-refractivity contribution in [1.82, 2.24) is 10.3 Å². The molecule has 3 N–H and O–H groups in total. The topological polar surface area (TPSA) is 82.2 Å². The Morgan fingerprint density at radius 3 is 2.80 bits per heavy atom. The van der Waals surface area contributed by atoms with Crippen LogP contribution in [0.5, 0.6) is 0 Å². The Bertz CT molecular complexity index is 669. The smallest absolute Gasteiger partial charge is 0.303 e. The molecule has 106 valence electrons. The van der Waals surface area contributed by atoms with E-state index in [0.717, 1.165) is 0 Å². The van der Waals surface area contributed by atoms with Gasteiger partial charge in [0.25, 0.3) is 5.91 Å². The number of amides is 1. The number of aromatic nitrogens is 1. The van der Waals surface area contributed by atoms with Gasteiger partial charge in [0.1, 0.15) is 11.5 Å². The minimum atomic E-state index is -0.906. The highest BCUT2D eigenvalue weighted by molar-refractivity contribution is 9.10. The van der Waals surface area contributed by atoms with Crippen LogP contribution in [0.3, 0.4) is 0 Å². The average Bonchev–Trinajstić information content (AvgIpc) is 2.78. The van der Waals surface area contributed by atoms with Crippen LogP contribution in [0.15, 0.2) is 22.7 Å². The number of nitrogens with one attached hydrogen (secondary N) is 2. The maximum atomic E-state index is 13.7. The number of carboxylic acids is 1. The number of aromatic amines is 1. The quantitative estimate of drug-likeness (QED) is 0.730. The molecule has 0 aliphatic rings. The molecule has 0 aliphatic heterocycles. The fourth-order valence-corrected chi connectivity index (χ4v) is 2.25. The van der Waals surface area contributed by atoms with E-state index in [1.807, 2.05) is 0 Å². The molecule has 2 rings (SSSR count). The molecular formula is C13H12BrFN2O3. The highest BCUT2D eigenvalue weighted by Gasteiger charge is 2.12. The number of fused-ring (bicyclic) bond motifs is 1. The molecule has 1 heterocycles. The summed E-state index contributed by atoms with van der Waals surface area (Å²) in [4.78, 5) is 25.0. The Morgan fingerprint density at radius 1 is 1.35 bits per heavy atom. The Hall–Kier alpha value is -1.89. The molecule has 5 nitrogen and oxygen atoms in total. The third-order valence-electron chi connectivity index (χ3n) is 2.75. The van der Waals surface area contributed by atoms with E-state index in [9.17, 15) is 14.0 Å². The summed E-state index contributed by atoms with van der Waals surface area (Å²) >= 11 is 3.18. The van der Waals surface area contributed by atoms with Crippen LogP contribution in [0.4, 0.5) is 4.39 Å². The molecule has 0 spiro atoms. The lowest BCUT2D eigenvalue weighted by Crippen LogP contribution is -2.25. The minimum Gasteiger partial charge on any atom is -0.481 e. The lowest BCUT2D eigenvalue weighted by Gasteiger charge is -2.01. The van der Waals surface area contributed by atoms with E-state index in [0.29, 0.717) is 21.8 Å². The number of carbonyl (C=O) groups is 2. The Balaban J connectivity index is 2.07. The molecule has 20 heavy (non-hydrogen) atoms. The molecule has 1 aromatic carbocycles. The van der Waals surface area contributed by atoms with Crippen molar-refractivity contribution in [1.29, 1.82) is 0 Å². The fourth-order valence-electron chi connectivity index (χ4n) is 1.82. The summed E-state index contributed by atoms with van der Waals surface area (Å²) in [7, 11) is 0. The van der Waals surface area contributed by atoms with Gasteiger partial charge in [0.2, 0.25) is 0 Å². The molecule has 0 atom stereocenters. The number of aliphatic carboxylic acids is 1.